The van der Waals surface area contributed by atoms with Crippen molar-refractivity contribution in [3.8, 4) is 29.7 Å². The van der Waals surface area contributed by atoms with Gasteiger partial charge >= 0.3 is 0 Å². The summed E-state index contributed by atoms with van der Waals surface area (Å²) in [6.07, 6.45) is 8.01. The van der Waals surface area contributed by atoms with Crippen molar-refractivity contribution in [3.63, 3.8) is 0 Å². The molecule has 0 aliphatic carbocycles. The van der Waals surface area contributed by atoms with E-state index in [0.29, 0.717) is 24.5 Å². The summed E-state index contributed by atoms with van der Waals surface area (Å²) in [5.41, 5.74) is 1.29. The van der Waals surface area contributed by atoms with Gasteiger partial charge in [0.25, 0.3) is 0 Å². The number of terminal acetylenes is 1. The molecule has 154 valence electrons. The Balaban J connectivity index is 1.65. The first-order valence-corrected chi connectivity index (χ1v) is 10.1. The fourth-order valence-corrected chi connectivity index (χ4v) is 3.32. The molecule has 1 unspecified atom stereocenters. The Labute approximate surface area is 177 Å². The SMILES string of the molecule is C#CC(C)(CCCc1cc(F)cc(Oc2ccccc2)n1)c1ccc(OCC)cc1. The Kier molecular flexibility index (Phi) is 7.08. The van der Waals surface area contributed by atoms with Crippen molar-refractivity contribution in [2.75, 3.05) is 6.61 Å². The summed E-state index contributed by atoms with van der Waals surface area (Å²) in [6, 6.07) is 19.9. The van der Waals surface area contributed by atoms with Crippen LogP contribution in [0.1, 0.15) is 37.9 Å². The second kappa shape index (κ2) is 9.93. The van der Waals surface area contributed by atoms with Gasteiger partial charge in [-0.15, -0.1) is 6.42 Å². The van der Waals surface area contributed by atoms with Crippen molar-refractivity contribution in [1.82, 2.24) is 4.98 Å². The molecule has 3 aromatic rings. The van der Waals surface area contributed by atoms with Crippen molar-refractivity contribution in [3.05, 3.63) is 83.8 Å². The third-order valence-corrected chi connectivity index (χ3v) is 5.02. The topological polar surface area (TPSA) is 31.4 Å². The largest absolute Gasteiger partial charge is 0.494 e. The van der Waals surface area contributed by atoms with Gasteiger partial charge < -0.3 is 9.47 Å². The van der Waals surface area contributed by atoms with Crippen LogP contribution in [0.2, 0.25) is 0 Å². The van der Waals surface area contributed by atoms with E-state index >= 15 is 0 Å². The minimum atomic E-state index is -0.415. The zero-order valence-electron chi connectivity index (χ0n) is 17.4. The number of nitrogens with zero attached hydrogens (tertiary/aromatic N) is 1. The smallest absolute Gasteiger partial charge is 0.222 e. The first kappa shape index (κ1) is 21.4. The summed E-state index contributed by atoms with van der Waals surface area (Å²) in [4.78, 5) is 4.45. The molecular weight excluding hydrogens is 377 g/mol. The van der Waals surface area contributed by atoms with Crippen molar-refractivity contribution in [1.29, 1.82) is 0 Å². The average Bonchev–Trinajstić information content (AvgIpc) is 2.75. The summed E-state index contributed by atoms with van der Waals surface area (Å²) < 4.78 is 25.2. The number of aromatic nitrogens is 1. The molecule has 1 aromatic heterocycles. The third-order valence-electron chi connectivity index (χ3n) is 5.02. The Hall–Kier alpha value is -3.32. The van der Waals surface area contributed by atoms with Crippen molar-refractivity contribution < 1.29 is 13.9 Å². The molecule has 0 spiro atoms. The van der Waals surface area contributed by atoms with E-state index in [0.717, 1.165) is 24.2 Å². The van der Waals surface area contributed by atoms with Crippen LogP contribution in [0.15, 0.2) is 66.7 Å². The van der Waals surface area contributed by atoms with Crippen LogP contribution in [0, 0.1) is 18.2 Å². The second-order valence-corrected chi connectivity index (χ2v) is 7.32. The molecular formula is C26H26FNO2. The van der Waals surface area contributed by atoms with Gasteiger partial charge in [0.15, 0.2) is 0 Å². The lowest BCUT2D eigenvalue weighted by Crippen LogP contribution is -2.19. The molecule has 0 aliphatic heterocycles. The van der Waals surface area contributed by atoms with Gasteiger partial charge in [-0.1, -0.05) is 36.3 Å². The molecule has 3 nitrogen and oxygen atoms in total. The van der Waals surface area contributed by atoms with E-state index in [9.17, 15) is 4.39 Å². The van der Waals surface area contributed by atoms with Crippen molar-refractivity contribution >= 4 is 0 Å². The van der Waals surface area contributed by atoms with Gasteiger partial charge in [0, 0.05) is 11.8 Å². The maximum atomic E-state index is 14.1. The molecule has 0 bridgehead atoms. The summed E-state index contributed by atoms with van der Waals surface area (Å²) in [5.74, 6) is 4.27. The zero-order valence-corrected chi connectivity index (χ0v) is 17.4. The predicted molar refractivity (Wildman–Crippen MR) is 117 cm³/mol. The van der Waals surface area contributed by atoms with Gasteiger partial charge in [-0.25, -0.2) is 9.37 Å². The van der Waals surface area contributed by atoms with E-state index in [2.05, 4.69) is 10.9 Å². The van der Waals surface area contributed by atoms with E-state index < -0.39 is 5.41 Å². The molecule has 3 rings (SSSR count). The molecule has 0 saturated heterocycles. The van der Waals surface area contributed by atoms with Crippen LogP contribution >= 0.6 is 0 Å². The highest BCUT2D eigenvalue weighted by Gasteiger charge is 2.23. The predicted octanol–water partition coefficient (Wildman–Crippen LogP) is 6.33. The fraction of sp³-hybridized carbons (Fsp3) is 0.269. The number of para-hydroxylation sites is 1. The first-order chi connectivity index (χ1) is 14.5. The van der Waals surface area contributed by atoms with E-state index in [1.807, 2.05) is 56.3 Å². The molecule has 0 radical (unpaired) electrons. The highest BCUT2D eigenvalue weighted by atomic mass is 19.1. The van der Waals surface area contributed by atoms with Gasteiger partial charge in [-0.2, -0.15) is 0 Å². The minimum absolute atomic E-state index is 0.252. The first-order valence-electron chi connectivity index (χ1n) is 10.1. The fourth-order valence-electron chi connectivity index (χ4n) is 3.32. The van der Waals surface area contributed by atoms with Gasteiger partial charge in [-0.3, -0.25) is 0 Å². The van der Waals surface area contributed by atoms with E-state index in [1.54, 1.807) is 12.1 Å². The summed E-state index contributed by atoms with van der Waals surface area (Å²) in [5, 5.41) is 0. The zero-order chi connectivity index (χ0) is 21.4. The Morgan fingerprint density at radius 2 is 1.77 bits per heavy atom. The van der Waals surface area contributed by atoms with E-state index in [4.69, 9.17) is 15.9 Å². The average molecular weight is 403 g/mol. The summed E-state index contributed by atoms with van der Waals surface area (Å²) in [7, 11) is 0. The number of halogens is 1. The standard InChI is InChI=1S/C26H26FNO2/c1-4-26(3,20-13-15-23(16-14-20)29-5-2)17-9-10-22-18-21(27)19-25(28-22)30-24-11-7-6-8-12-24/h1,6-8,11-16,18-19H,5,9-10,17H2,2-3H3. The normalized spacial score (nSPS) is 12.6. The highest BCUT2D eigenvalue weighted by Crippen LogP contribution is 2.30. The van der Waals surface area contributed by atoms with E-state index in [1.165, 1.54) is 12.1 Å². The van der Waals surface area contributed by atoms with Crippen LogP contribution in [-0.4, -0.2) is 11.6 Å². The number of rotatable bonds is 9. The summed E-state index contributed by atoms with van der Waals surface area (Å²) in [6.45, 7) is 4.63. The number of hydrogen-bond acceptors (Lipinski definition) is 3. The van der Waals surface area contributed by atoms with Crippen LogP contribution in [0.5, 0.6) is 17.4 Å². The number of hydrogen-bond donors (Lipinski definition) is 0. The highest BCUT2D eigenvalue weighted by molar-refractivity contribution is 5.37. The lowest BCUT2D eigenvalue weighted by Gasteiger charge is -2.24. The van der Waals surface area contributed by atoms with Gasteiger partial charge in [0.05, 0.1) is 12.0 Å². The van der Waals surface area contributed by atoms with Crippen molar-refractivity contribution in [2.24, 2.45) is 0 Å². The number of pyridine rings is 1. The third kappa shape index (κ3) is 5.61. The molecule has 1 heterocycles. The monoisotopic (exact) mass is 403 g/mol. The molecule has 1 atom stereocenters. The lowest BCUT2D eigenvalue weighted by molar-refractivity contribution is 0.340. The van der Waals surface area contributed by atoms with Crippen LogP contribution < -0.4 is 9.47 Å². The molecule has 30 heavy (non-hydrogen) atoms. The number of aryl methyl sites for hydroxylation is 1. The quantitative estimate of drug-likeness (QED) is 0.392. The molecule has 4 heteroatoms. The molecule has 2 aromatic carbocycles. The minimum Gasteiger partial charge on any atom is -0.494 e. The van der Waals surface area contributed by atoms with Crippen LogP contribution in [0.4, 0.5) is 4.39 Å². The van der Waals surface area contributed by atoms with E-state index in [-0.39, 0.29) is 11.7 Å². The molecule has 0 amide bonds. The number of ether oxygens (including phenoxy) is 2. The molecule has 0 fully saturated rings. The van der Waals surface area contributed by atoms with Gasteiger partial charge in [0.2, 0.25) is 5.88 Å². The van der Waals surface area contributed by atoms with Gasteiger partial charge in [0.1, 0.15) is 17.3 Å². The van der Waals surface area contributed by atoms with Crippen LogP contribution in [0.3, 0.4) is 0 Å². The molecule has 0 saturated carbocycles. The Bertz CT molecular complexity index is 996. The Morgan fingerprint density at radius 3 is 2.43 bits per heavy atom. The Morgan fingerprint density at radius 1 is 1.03 bits per heavy atom. The summed E-state index contributed by atoms with van der Waals surface area (Å²) >= 11 is 0. The number of benzene rings is 2. The molecule has 0 aliphatic rings. The second-order valence-electron chi connectivity index (χ2n) is 7.32. The lowest BCUT2D eigenvalue weighted by atomic mass is 9.79. The van der Waals surface area contributed by atoms with Crippen LogP contribution in [-0.2, 0) is 11.8 Å². The molecule has 0 N–H and O–H groups in total. The van der Waals surface area contributed by atoms with Crippen LogP contribution in [0.25, 0.3) is 0 Å². The van der Waals surface area contributed by atoms with Gasteiger partial charge in [-0.05, 0) is 69.0 Å². The maximum absolute atomic E-state index is 14.1. The maximum Gasteiger partial charge on any atom is 0.222 e. The van der Waals surface area contributed by atoms with Crippen molar-refractivity contribution in [2.45, 2.75) is 38.5 Å².